The Morgan fingerprint density at radius 1 is 1.35 bits per heavy atom. The van der Waals surface area contributed by atoms with Crippen molar-refractivity contribution in [2.75, 3.05) is 18.0 Å². The molecule has 17 heavy (non-hydrogen) atoms. The molecule has 2 heterocycles. The number of hydrogen-bond donors (Lipinski definition) is 1. The van der Waals surface area contributed by atoms with Gasteiger partial charge in [0.15, 0.2) is 0 Å². The highest BCUT2D eigenvalue weighted by atomic mass is 15.2. The normalized spacial score (nSPS) is 27.5. The van der Waals surface area contributed by atoms with E-state index >= 15 is 0 Å². The predicted molar refractivity (Wildman–Crippen MR) is 72.4 cm³/mol. The highest BCUT2D eigenvalue weighted by molar-refractivity contribution is 5.62. The lowest BCUT2D eigenvalue weighted by Gasteiger charge is -2.45. The molecule has 0 aromatic heterocycles. The average molecular weight is 230 g/mol. The van der Waals surface area contributed by atoms with E-state index in [4.69, 9.17) is 5.73 Å². The fourth-order valence-electron chi connectivity index (χ4n) is 3.57. The van der Waals surface area contributed by atoms with Crippen molar-refractivity contribution in [2.24, 2.45) is 11.7 Å². The van der Waals surface area contributed by atoms with Crippen LogP contribution in [0.4, 0.5) is 5.69 Å². The number of rotatable bonds is 1. The summed E-state index contributed by atoms with van der Waals surface area (Å²) in [5.41, 5.74) is 10.3. The van der Waals surface area contributed by atoms with E-state index in [-0.39, 0.29) is 0 Å². The van der Waals surface area contributed by atoms with E-state index in [0.717, 1.165) is 18.5 Å². The molecule has 2 heteroatoms. The molecule has 1 aromatic rings. The van der Waals surface area contributed by atoms with Gasteiger partial charge in [-0.05, 0) is 56.2 Å². The molecule has 3 rings (SSSR count). The van der Waals surface area contributed by atoms with Crippen LogP contribution in [0.15, 0.2) is 18.2 Å². The quantitative estimate of drug-likeness (QED) is 0.803. The summed E-state index contributed by atoms with van der Waals surface area (Å²) in [6, 6.07) is 7.48. The van der Waals surface area contributed by atoms with Crippen molar-refractivity contribution in [3.05, 3.63) is 29.3 Å². The van der Waals surface area contributed by atoms with Gasteiger partial charge in [-0.15, -0.1) is 0 Å². The Labute approximate surface area is 104 Å². The fourth-order valence-corrected chi connectivity index (χ4v) is 3.57. The summed E-state index contributed by atoms with van der Waals surface area (Å²) >= 11 is 0. The molecule has 2 unspecified atom stereocenters. The third kappa shape index (κ3) is 1.85. The van der Waals surface area contributed by atoms with Gasteiger partial charge in [-0.3, -0.25) is 0 Å². The van der Waals surface area contributed by atoms with Crippen molar-refractivity contribution < 1.29 is 0 Å². The SMILES string of the molecule is Cc1cccc2c1N1CCC(CN)CC1CC2. The molecule has 2 nitrogen and oxygen atoms in total. The second-order valence-electron chi connectivity index (χ2n) is 5.59. The largest absolute Gasteiger partial charge is 0.368 e. The molecule has 2 aliphatic rings. The highest BCUT2D eigenvalue weighted by Gasteiger charge is 2.32. The van der Waals surface area contributed by atoms with Gasteiger partial charge in [-0.1, -0.05) is 18.2 Å². The van der Waals surface area contributed by atoms with Crippen molar-refractivity contribution in [1.29, 1.82) is 0 Å². The first kappa shape index (κ1) is 11.1. The predicted octanol–water partition coefficient (Wildman–Crippen LogP) is 2.48. The molecule has 0 bridgehead atoms. The molecular formula is C15H22N2. The van der Waals surface area contributed by atoms with Gasteiger partial charge in [0.05, 0.1) is 0 Å². The van der Waals surface area contributed by atoms with Crippen LogP contribution in [-0.2, 0) is 6.42 Å². The number of piperidine rings is 1. The van der Waals surface area contributed by atoms with Gasteiger partial charge < -0.3 is 10.6 Å². The second kappa shape index (κ2) is 4.34. The van der Waals surface area contributed by atoms with Gasteiger partial charge in [0, 0.05) is 18.3 Å². The van der Waals surface area contributed by atoms with Crippen LogP contribution in [0.2, 0.25) is 0 Å². The highest BCUT2D eigenvalue weighted by Crippen LogP contribution is 2.38. The summed E-state index contributed by atoms with van der Waals surface area (Å²) in [4.78, 5) is 2.65. The molecule has 1 aromatic carbocycles. The van der Waals surface area contributed by atoms with Gasteiger partial charge in [0.2, 0.25) is 0 Å². The second-order valence-corrected chi connectivity index (χ2v) is 5.59. The van der Waals surface area contributed by atoms with E-state index in [1.165, 1.54) is 43.5 Å². The summed E-state index contributed by atoms with van der Waals surface area (Å²) in [6.07, 6.45) is 5.12. The molecule has 0 aliphatic carbocycles. The molecule has 1 fully saturated rings. The van der Waals surface area contributed by atoms with Gasteiger partial charge in [0.25, 0.3) is 0 Å². The molecule has 0 saturated carbocycles. The molecule has 92 valence electrons. The minimum atomic E-state index is 0.742. The average Bonchev–Trinajstić information content (AvgIpc) is 2.38. The molecule has 0 radical (unpaired) electrons. The van der Waals surface area contributed by atoms with Crippen molar-refractivity contribution in [2.45, 2.75) is 38.6 Å². The third-order valence-corrected chi connectivity index (χ3v) is 4.51. The lowest BCUT2D eigenvalue weighted by atomic mass is 9.83. The smallest absolute Gasteiger partial charge is 0.0430 e. The first-order chi connectivity index (χ1) is 8.29. The summed E-state index contributed by atoms with van der Waals surface area (Å²) in [6.45, 7) is 4.31. The first-order valence-corrected chi connectivity index (χ1v) is 6.85. The van der Waals surface area contributed by atoms with E-state index in [1.807, 2.05) is 0 Å². The fraction of sp³-hybridized carbons (Fsp3) is 0.600. The molecular weight excluding hydrogens is 208 g/mol. The van der Waals surface area contributed by atoms with Gasteiger partial charge in [0.1, 0.15) is 0 Å². The molecule has 0 spiro atoms. The standard InChI is InChI=1S/C15H22N2/c1-11-3-2-4-13-5-6-14-9-12(10-16)7-8-17(14)15(11)13/h2-4,12,14H,5-10,16H2,1H3. The van der Waals surface area contributed by atoms with E-state index in [9.17, 15) is 0 Å². The van der Waals surface area contributed by atoms with Crippen molar-refractivity contribution >= 4 is 5.69 Å². The van der Waals surface area contributed by atoms with Gasteiger partial charge in [-0.25, -0.2) is 0 Å². The van der Waals surface area contributed by atoms with Gasteiger partial charge in [-0.2, -0.15) is 0 Å². The maximum atomic E-state index is 5.83. The Morgan fingerprint density at radius 3 is 3.06 bits per heavy atom. The van der Waals surface area contributed by atoms with Crippen molar-refractivity contribution in [3.63, 3.8) is 0 Å². The number of fused-ring (bicyclic) bond motifs is 3. The van der Waals surface area contributed by atoms with Crippen molar-refractivity contribution in [3.8, 4) is 0 Å². The van der Waals surface area contributed by atoms with Crippen LogP contribution in [0.25, 0.3) is 0 Å². The summed E-state index contributed by atoms with van der Waals surface area (Å²) in [5, 5.41) is 0. The van der Waals surface area contributed by atoms with E-state index in [0.29, 0.717) is 0 Å². The number of nitrogens with two attached hydrogens (primary N) is 1. The van der Waals surface area contributed by atoms with Gasteiger partial charge >= 0.3 is 0 Å². The zero-order valence-corrected chi connectivity index (χ0v) is 10.7. The topological polar surface area (TPSA) is 29.3 Å². The van der Waals surface area contributed by atoms with Crippen LogP contribution in [0.3, 0.4) is 0 Å². The van der Waals surface area contributed by atoms with Crippen LogP contribution in [0, 0.1) is 12.8 Å². The first-order valence-electron chi connectivity index (χ1n) is 6.85. The molecule has 2 atom stereocenters. The Morgan fingerprint density at radius 2 is 2.24 bits per heavy atom. The zero-order valence-electron chi connectivity index (χ0n) is 10.7. The van der Waals surface area contributed by atoms with Crippen LogP contribution in [-0.4, -0.2) is 19.1 Å². The monoisotopic (exact) mass is 230 g/mol. The molecule has 2 N–H and O–H groups in total. The number of hydrogen-bond acceptors (Lipinski definition) is 2. The maximum absolute atomic E-state index is 5.83. The van der Waals surface area contributed by atoms with E-state index < -0.39 is 0 Å². The Kier molecular flexibility index (Phi) is 2.83. The van der Waals surface area contributed by atoms with Crippen molar-refractivity contribution in [1.82, 2.24) is 0 Å². The summed E-state index contributed by atoms with van der Waals surface area (Å²) < 4.78 is 0. The van der Waals surface area contributed by atoms with Crippen LogP contribution < -0.4 is 10.6 Å². The lowest BCUT2D eigenvalue weighted by molar-refractivity contribution is 0.327. The number of nitrogens with zero attached hydrogens (tertiary/aromatic N) is 1. The van der Waals surface area contributed by atoms with Crippen LogP contribution >= 0.6 is 0 Å². The van der Waals surface area contributed by atoms with E-state index in [1.54, 1.807) is 5.56 Å². The zero-order chi connectivity index (χ0) is 11.8. The molecule has 0 amide bonds. The number of anilines is 1. The minimum Gasteiger partial charge on any atom is -0.368 e. The minimum absolute atomic E-state index is 0.742. The Hall–Kier alpha value is -1.02. The maximum Gasteiger partial charge on any atom is 0.0430 e. The Balaban J connectivity index is 1.92. The Bertz CT molecular complexity index is 413. The molecule has 1 saturated heterocycles. The number of benzene rings is 1. The number of aryl methyl sites for hydroxylation is 2. The van der Waals surface area contributed by atoms with Crippen LogP contribution in [0.5, 0.6) is 0 Å². The van der Waals surface area contributed by atoms with Crippen LogP contribution in [0.1, 0.15) is 30.4 Å². The summed E-state index contributed by atoms with van der Waals surface area (Å²) in [7, 11) is 0. The third-order valence-electron chi connectivity index (χ3n) is 4.51. The summed E-state index contributed by atoms with van der Waals surface area (Å²) in [5.74, 6) is 0.752. The van der Waals surface area contributed by atoms with E-state index in [2.05, 4.69) is 30.0 Å². The molecule has 2 aliphatic heterocycles. The number of para-hydroxylation sites is 1. The lowest BCUT2D eigenvalue weighted by Crippen LogP contribution is -2.47.